The molecule has 7 nitrogen and oxygen atoms in total. The molecule has 0 bridgehead atoms. The summed E-state index contributed by atoms with van der Waals surface area (Å²) in [4.78, 5) is 27.5. The largest absolute Gasteiger partial charge is 0.453 e. The number of carbonyl (C=O) groups is 2. The number of morpholine rings is 1. The molecule has 47 heavy (non-hydrogen) atoms. The van der Waals surface area contributed by atoms with E-state index in [1.54, 1.807) is 24.3 Å². The van der Waals surface area contributed by atoms with Gasteiger partial charge in [0, 0.05) is 34.8 Å². The Bertz CT molecular complexity index is 1600. The average molecular weight is 673 g/mol. The molecule has 4 aromatic carbocycles. The number of halogens is 1. The molecule has 1 amide bonds. The van der Waals surface area contributed by atoms with E-state index in [0.29, 0.717) is 23.7 Å². The summed E-state index contributed by atoms with van der Waals surface area (Å²) in [7, 11) is 0.0838. The van der Waals surface area contributed by atoms with Crippen LogP contribution in [0, 0.1) is 0 Å². The van der Waals surface area contributed by atoms with E-state index in [1.165, 1.54) is 7.11 Å². The third-order valence-electron chi connectivity index (χ3n) is 8.66. The number of rotatable bonds is 13. The molecule has 1 unspecified atom stereocenters. The third kappa shape index (κ3) is 9.39. The molecule has 0 aliphatic carbocycles. The van der Waals surface area contributed by atoms with Gasteiger partial charge in [0.15, 0.2) is 5.78 Å². The number of alkyl carbamates (subject to hydrolysis) is 1. The van der Waals surface area contributed by atoms with Gasteiger partial charge in [-0.3, -0.25) is 9.00 Å². The van der Waals surface area contributed by atoms with Crippen molar-refractivity contribution in [2.75, 3.05) is 19.4 Å². The van der Waals surface area contributed by atoms with Crippen molar-refractivity contribution < 1.29 is 23.3 Å². The van der Waals surface area contributed by atoms with Crippen molar-refractivity contribution in [1.29, 1.82) is 0 Å². The smallest absolute Gasteiger partial charge is 0.407 e. The molecule has 2 N–H and O–H groups in total. The van der Waals surface area contributed by atoms with Crippen molar-refractivity contribution in [2.45, 2.75) is 61.3 Å². The van der Waals surface area contributed by atoms with Crippen LogP contribution in [-0.4, -0.2) is 59.8 Å². The maximum Gasteiger partial charge on any atom is 0.407 e. The Balaban J connectivity index is 1.29. The van der Waals surface area contributed by atoms with Gasteiger partial charge in [0.2, 0.25) is 0 Å². The van der Waals surface area contributed by atoms with E-state index in [1.807, 2.05) is 84.9 Å². The van der Waals surface area contributed by atoms with Gasteiger partial charge in [0.05, 0.1) is 35.9 Å². The molecule has 5 rings (SSSR count). The molecule has 9 heteroatoms. The van der Waals surface area contributed by atoms with Crippen molar-refractivity contribution in [1.82, 2.24) is 10.6 Å². The van der Waals surface area contributed by atoms with E-state index in [-0.39, 0.29) is 30.5 Å². The second-order valence-electron chi connectivity index (χ2n) is 11.8. The van der Waals surface area contributed by atoms with Gasteiger partial charge in [-0.2, -0.15) is 0 Å². The van der Waals surface area contributed by atoms with Crippen molar-refractivity contribution >= 4 is 34.3 Å². The Hall–Kier alpha value is -3.82. The Morgan fingerprint density at radius 2 is 1.51 bits per heavy atom. The van der Waals surface area contributed by atoms with Crippen molar-refractivity contribution in [3.63, 3.8) is 0 Å². The first-order valence-electron chi connectivity index (χ1n) is 15.9. The molecule has 246 valence electrons. The summed E-state index contributed by atoms with van der Waals surface area (Å²) in [5.74, 6) is -0.138. The number of methoxy groups -OCH3 is 1. The Labute approximate surface area is 284 Å². The fraction of sp³-hybridized carbons (Fsp3) is 0.316. The molecule has 0 aromatic heterocycles. The molecule has 0 radical (unpaired) electrons. The lowest BCUT2D eigenvalue weighted by Crippen LogP contribution is -2.53. The fourth-order valence-corrected chi connectivity index (χ4v) is 7.49. The standard InChI is InChI=1S/C38H41ClN2O5S/c1-26-35(25-47(44)33-21-18-31(39)19-22-33)46-32(24-40-26)20-17-27-11-9-10-16-30(27)23-34(42)37(41-38(43)45-2)36(28-12-5-3-6-13-28)29-14-7-4-8-15-29/h3-16,18-19,21-22,26,32,35-37,40H,17,20,23-25H2,1-2H3,(H,41,43)/t26-,32-,35-,37-,47?/m1/s1. The first-order valence-corrected chi connectivity index (χ1v) is 17.6. The highest BCUT2D eigenvalue weighted by molar-refractivity contribution is 7.85. The zero-order valence-corrected chi connectivity index (χ0v) is 28.2. The third-order valence-corrected chi connectivity index (χ3v) is 10.3. The van der Waals surface area contributed by atoms with Gasteiger partial charge in [-0.25, -0.2) is 4.79 Å². The van der Waals surface area contributed by atoms with E-state index in [0.717, 1.165) is 33.6 Å². The summed E-state index contributed by atoms with van der Waals surface area (Å²) in [5, 5.41) is 6.99. The molecule has 0 spiro atoms. The van der Waals surface area contributed by atoms with E-state index in [2.05, 4.69) is 17.6 Å². The number of hydrogen-bond donors (Lipinski definition) is 2. The molecule has 0 saturated carbocycles. The van der Waals surface area contributed by atoms with Crippen LogP contribution in [-0.2, 0) is 37.9 Å². The van der Waals surface area contributed by atoms with Crippen LogP contribution in [0.5, 0.6) is 0 Å². The molecular weight excluding hydrogens is 632 g/mol. The molecule has 4 aromatic rings. The quantitative estimate of drug-likeness (QED) is 0.169. The minimum absolute atomic E-state index is 0.0637. The highest BCUT2D eigenvalue weighted by Gasteiger charge is 2.33. The molecule has 1 heterocycles. The monoisotopic (exact) mass is 672 g/mol. The predicted octanol–water partition coefficient (Wildman–Crippen LogP) is 6.49. The van der Waals surface area contributed by atoms with Crippen molar-refractivity contribution in [3.8, 4) is 0 Å². The van der Waals surface area contributed by atoms with Crippen LogP contribution in [0.25, 0.3) is 0 Å². The molecule has 1 saturated heterocycles. The predicted molar refractivity (Wildman–Crippen MR) is 186 cm³/mol. The van der Waals surface area contributed by atoms with Crippen LogP contribution in [0.15, 0.2) is 114 Å². The van der Waals surface area contributed by atoms with E-state index >= 15 is 0 Å². The van der Waals surface area contributed by atoms with Crippen LogP contribution in [0.4, 0.5) is 4.79 Å². The Morgan fingerprint density at radius 1 is 0.915 bits per heavy atom. The van der Waals surface area contributed by atoms with Gasteiger partial charge in [0.1, 0.15) is 6.04 Å². The van der Waals surface area contributed by atoms with Gasteiger partial charge in [-0.1, -0.05) is 96.5 Å². The van der Waals surface area contributed by atoms with Gasteiger partial charge in [0.25, 0.3) is 0 Å². The first kappa shape index (κ1) is 34.5. The highest BCUT2D eigenvalue weighted by atomic mass is 35.5. The Morgan fingerprint density at radius 3 is 2.13 bits per heavy atom. The summed E-state index contributed by atoms with van der Waals surface area (Å²) in [6, 6.07) is 33.7. The van der Waals surface area contributed by atoms with Gasteiger partial charge < -0.3 is 20.1 Å². The van der Waals surface area contributed by atoms with Crippen LogP contribution in [0.1, 0.15) is 41.5 Å². The summed E-state index contributed by atoms with van der Waals surface area (Å²) in [5.41, 5.74) is 3.80. The minimum atomic E-state index is -1.22. The zero-order valence-electron chi connectivity index (χ0n) is 26.6. The lowest BCUT2D eigenvalue weighted by Gasteiger charge is -2.36. The molecule has 1 aliphatic heterocycles. The number of ether oxygens (including phenoxy) is 2. The number of amides is 1. The number of nitrogens with one attached hydrogen (secondary N) is 2. The SMILES string of the molecule is COC(=O)N[C@H](C(=O)Cc1ccccc1CC[C@@H]1CN[C@H](C)[C@@H](CS(=O)c2ccc(Cl)cc2)O1)C(c1ccccc1)c1ccccc1. The summed E-state index contributed by atoms with van der Waals surface area (Å²) in [6.45, 7) is 2.74. The number of benzene rings is 4. The fourth-order valence-electron chi connectivity index (χ4n) is 6.07. The zero-order chi connectivity index (χ0) is 33.2. The normalized spacial score (nSPS) is 19.1. The van der Waals surface area contributed by atoms with Crippen molar-refractivity contribution in [3.05, 3.63) is 136 Å². The summed E-state index contributed by atoms with van der Waals surface area (Å²) < 4.78 is 24.5. The lowest BCUT2D eigenvalue weighted by atomic mass is 9.81. The van der Waals surface area contributed by atoms with E-state index in [9.17, 15) is 13.8 Å². The number of Topliss-reactive ketones (excluding diaryl/α,β-unsaturated/α-hetero) is 1. The van der Waals surface area contributed by atoms with Gasteiger partial charge in [-0.05, 0) is 66.3 Å². The summed E-state index contributed by atoms with van der Waals surface area (Å²) in [6.07, 6.45) is 0.639. The number of carbonyl (C=O) groups excluding carboxylic acids is 2. The van der Waals surface area contributed by atoms with E-state index < -0.39 is 28.9 Å². The van der Waals surface area contributed by atoms with Crippen LogP contribution < -0.4 is 10.6 Å². The topological polar surface area (TPSA) is 93.7 Å². The van der Waals surface area contributed by atoms with Gasteiger partial charge in [-0.15, -0.1) is 0 Å². The lowest BCUT2D eigenvalue weighted by molar-refractivity contribution is -0.120. The highest BCUT2D eigenvalue weighted by Crippen LogP contribution is 2.30. The van der Waals surface area contributed by atoms with Crippen molar-refractivity contribution in [2.24, 2.45) is 0 Å². The first-order chi connectivity index (χ1) is 22.8. The number of aryl methyl sites for hydroxylation is 1. The molecule has 1 aliphatic rings. The van der Waals surface area contributed by atoms with E-state index in [4.69, 9.17) is 21.1 Å². The van der Waals surface area contributed by atoms with Crippen LogP contribution >= 0.6 is 11.6 Å². The molecular formula is C38H41ClN2O5S. The molecule has 5 atom stereocenters. The maximum absolute atomic E-state index is 14.2. The second kappa shape index (κ2) is 16.8. The number of ketones is 1. The minimum Gasteiger partial charge on any atom is -0.453 e. The van der Waals surface area contributed by atoms with Gasteiger partial charge >= 0.3 is 6.09 Å². The second-order valence-corrected chi connectivity index (χ2v) is 13.8. The average Bonchev–Trinajstić information content (AvgIpc) is 3.10. The Kier molecular flexibility index (Phi) is 12.4. The summed E-state index contributed by atoms with van der Waals surface area (Å²) >= 11 is 6.01. The maximum atomic E-state index is 14.2. The van der Waals surface area contributed by atoms with Crippen LogP contribution in [0.2, 0.25) is 5.02 Å². The van der Waals surface area contributed by atoms with Crippen LogP contribution in [0.3, 0.4) is 0 Å². The number of hydrogen-bond acceptors (Lipinski definition) is 6. The molecule has 1 fully saturated rings.